The van der Waals surface area contributed by atoms with Crippen molar-refractivity contribution in [2.45, 2.75) is 11.5 Å². The molecule has 5 heteroatoms. The van der Waals surface area contributed by atoms with Crippen LogP contribution in [-0.2, 0) is 0 Å². The van der Waals surface area contributed by atoms with E-state index in [1.807, 2.05) is 17.4 Å². The Morgan fingerprint density at radius 3 is 2.02 bits per heavy atom. The van der Waals surface area contributed by atoms with Gasteiger partial charge in [0.15, 0.2) is 0 Å². The van der Waals surface area contributed by atoms with E-state index in [4.69, 9.17) is 9.97 Å². The molecular formula is C42H29GeN3S. The Bertz CT molecular complexity index is 2710. The van der Waals surface area contributed by atoms with Crippen molar-refractivity contribution in [2.24, 2.45) is 0 Å². The Morgan fingerprint density at radius 2 is 1.21 bits per heavy atom. The molecule has 0 radical (unpaired) electrons. The second kappa shape index (κ2) is 9.98. The SMILES string of the molecule is [CH3][Ge]1([CH3])[c]2cc(-n3c4ccccc4c4cc5sc6ccccc6c5cc43)ccc2-c2nc(-c3ccccc3)nc(-c3ccccc3)[c]21. The first-order valence-electron chi connectivity index (χ1n) is 16.1. The van der Waals surface area contributed by atoms with Crippen molar-refractivity contribution in [3.63, 3.8) is 0 Å². The predicted molar refractivity (Wildman–Crippen MR) is 202 cm³/mol. The number of aromatic nitrogens is 3. The molecule has 1 aliphatic rings. The number of thiophene rings is 1. The molecule has 3 nitrogen and oxygen atoms in total. The number of hydrogen-bond donors (Lipinski definition) is 0. The van der Waals surface area contributed by atoms with Crippen LogP contribution in [0.25, 0.3) is 81.6 Å². The van der Waals surface area contributed by atoms with Gasteiger partial charge in [-0.1, -0.05) is 0 Å². The van der Waals surface area contributed by atoms with Crippen LogP contribution in [0.2, 0.25) is 11.5 Å². The van der Waals surface area contributed by atoms with Crippen molar-refractivity contribution in [2.75, 3.05) is 0 Å². The van der Waals surface area contributed by atoms with E-state index in [1.165, 1.54) is 62.0 Å². The molecule has 1 aliphatic heterocycles. The molecule has 0 aliphatic carbocycles. The zero-order valence-electron chi connectivity index (χ0n) is 26.0. The van der Waals surface area contributed by atoms with Gasteiger partial charge in [-0.05, 0) is 0 Å². The summed E-state index contributed by atoms with van der Waals surface area (Å²) >= 11 is -1.00. The molecule has 0 fully saturated rings. The maximum atomic E-state index is 5.33. The van der Waals surface area contributed by atoms with E-state index in [2.05, 4.69) is 150 Å². The summed E-state index contributed by atoms with van der Waals surface area (Å²) in [6.45, 7) is 0. The van der Waals surface area contributed by atoms with Crippen LogP contribution in [0.3, 0.4) is 0 Å². The van der Waals surface area contributed by atoms with Gasteiger partial charge in [-0.25, -0.2) is 0 Å². The van der Waals surface area contributed by atoms with E-state index in [1.54, 1.807) is 0 Å². The molecule has 0 amide bonds. The predicted octanol–water partition coefficient (Wildman–Crippen LogP) is 10.1. The van der Waals surface area contributed by atoms with Crippen molar-refractivity contribution in [3.05, 3.63) is 140 Å². The molecular weight excluding hydrogens is 651 g/mol. The first-order valence-corrected chi connectivity index (χ1v) is 23.2. The minimum absolute atomic E-state index is 0.785. The molecule has 6 aromatic carbocycles. The monoisotopic (exact) mass is 681 g/mol. The van der Waals surface area contributed by atoms with Crippen LogP contribution in [0, 0.1) is 0 Å². The van der Waals surface area contributed by atoms with Crippen LogP contribution in [0.15, 0.2) is 140 Å². The molecule has 222 valence electrons. The molecule has 3 aromatic heterocycles. The molecule has 10 rings (SSSR count). The molecule has 0 saturated heterocycles. The number of hydrogen-bond acceptors (Lipinski definition) is 3. The summed E-state index contributed by atoms with van der Waals surface area (Å²) < 4.78 is 7.99. The topological polar surface area (TPSA) is 30.7 Å². The molecule has 0 unspecified atom stereocenters. The average Bonchev–Trinajstić information content (AvgIpc) is 3.72. The van der Waals surface area contributed by atoms with E-state index in [-0.39, 0.29) is 0 Å². The van der Waals surface area contributed by atoms with Crippen LogP contribution >= 0.6 is 11.3 Å². The van der Waals surface area contributed by atoms with Crippen LogP contribution in [0.5, 0.6) is 0 Å². The summed E-state index contributed by atoms with van der Waals surface area (Å²) in [5.41, 5.74) is 9.35. The summed E-state index contributed by atoms with van der Waals surface area (Å²) in [6.07, 6.45) is 0. The van der Waals surface area contributed by atoms with Gasteiger partial charge in [0, 0.05) is 0 Å². The van der Waals surface area contributed by atoms with E-state index >= 15 is 0 Å². The van der Waals surface area contributed by atoms with Crippen molar-refractivity contribution in [3.8, 4) is 39.6 Å². The number of fused-ring (bicyclic) bond motifs is 9. The Hall–Kier alpha value is -5.04. The summed E-state index contributed by atoms with van der Waals surface area (Å²) in [5.74, 6) is 5.81. The zero-order valence-corrected chi connectivity index (χ0v) is 28.9. The number of benzene rings is 6. The summed E-state index contributed by atoms with van der Waals surface area (Å²) in [6, 6.07) is 50.7. The maximum absolute atomic E-state index is 5.33. The third kappa shape index (κ3) is 3.92. The zero-order chi connectivity index (χ0) is 31.3. The van der Waals surface area contributed by atoms with Crippen LogP contribution in [0.4, 0.5) is 0 Å². The third-order valence-electron chi connectivity index (χ3n) is 9.97. The van der Waals surface area contributed by atoms with Crippen LogP contribution in [-0.4, -0.2) is 27.8 Å². The van der Waals surface area contributed by atoms with Gasteiger partial charge in [-0.2, -0.15) is 0 Å². The molecule has 0 bridgehead atoms. The summed E-state index contributed by atoms with van der Waals surface area (Å²) in [5, 5.41) is 5.24. The fraction of sp³-hybridized carbons (Fsp3) is 0.0476. The average molecular weight is 680 g/mol. The number of rotatable bonds is 3. The normalized spacial score (nSPS) is 13.5. The standard InChI is InChI=1S/C42H29GeN3S/c1-43(2)34-23-28(46-35-19-11-9-17-29(35)32-25-38-33(24-36(32)46)30-18-10-12-20-37(30)47-38)21-22-31(34)41-39(43)40(26-13-5-3-6-14-26)44-42(45-41)27-15-7-4-8-16-27/h3-25H,1-2H3. The second-order valence-corrected chi connectivity index (χ2v) is 23.1. The Balaban J connectivity index is 1.24. The quantitative estimate of drug-likeness (QED) is 0.174. The van der Waals surface area contributed by atoms with Gasteiger partial charge in [-0.3, -0.25) is 0 Å². The van der Waals surface area contributed by atoms with Gasteiger partial charge >= 0.3 is 281 Å². The van der Waals surface area contributed by atoms with Gasteiger partial charge in [0.2, 0.25) is 0 Å². The Labute approximate surface area is 279 Å². The number of para-hydroxylation sites is 1. The minimum atomic E-state index is -2.89. The fourth-order valence-corrected chi connectivity index (χ4v) is 15.7. The van der Waals surface area contributed by atoms with Crippen molar-refractivity contribution >= 4 is 75.4 Å². The Kier molecular flexibility index (Phi) is 5.76. The number of nitrogens with zero attached hydrogens (tertiary/aromatic N) is 3. The molecule has 0 spiro atoms. The molecule has 9 aromatic rings. The van der Waals surface area contributed by atoms with E-state index in [0.29, 0.717) is 0 Å². The van der Waals surface area contributed by atoms with Crippen LogP contribution < -0.4 is 8.79 Å². The summed E-state index contributed by atoms with van der Waals surface area (Å²) in [4.78, 5) is 10.6. The summed E-state index contributed by atoms with van der Waals surface area (Å²) in [7, 11) is 0. The fourth-order valence-electron chi connectivity index (χ4n) is 7.76. The molecule has 0 N–H and O–H groups in total. The Morgan fingerprint density at radius 1 is 0.532 bits per heavy atom. The first-order chi connectivity index (χ1) is 23.1. The van der Waals surface area contributed by atoms with Crippen molar-refractivity contribution < 1.29 is 0 Å². The van der Waals surface area contributed by atoms with Gasteiger partial charge in [0.25, 0.3) is 0 Å². The second-order valence-electron chi connectivity index (χ2n) is 13.0. The molecule has 0 saturated carbocycles. The van der Waals surface area contributed by atoms with Crippen molar-refractivity contribution in [1.82, 2.24) is 14.5 Å². The molecule has 47 heavy (non-hydrogen) atoms. The molecule has 4 heterocycles. The van der Waals surface area contributed by atoms with Gasteiger partial charge in [-0.15, -0.1) is 0 Å². The molecule has 0 atom stereocenters. The third-order valence-corrected chi connectivity index (χ3v) is 18.4. The van der Waals surface area contributed by atoms with Gasteiger partial charge in [0.05, 0.1) is 0 Å². The van der Waals surface area contributed by atoms with Gasteiger partial charge < -0.3 is 0 Å². The van der Waals surface area contributed by atoms with Gasteiger partial charge in [0.1, 0.15) is 0 Å². The van der Waals surface area contributed by atoms with E-state index in [9.17, 15) is 0 Å². The first kappa shape index (κ1) is 27.1. The van der Waals surface area contributed by atoms with Crippen LogP contribution in [0.1, 0.15) is 0 Å². The van der Waals surface area contributed by atoms with Crippen molar-refractivity contribution in [1.29, 1.82) is 0 Å². The van der Waals surface area contributed by atoms with E-state index in [0.717, 1.165) is 28.3 Å². The van der Waals surface area contributed by atoms with E-state index < -0.39 is 13.3 Å².